The van der Waals surface area contributed by atoms with E-state index < -0.39 is 0 Å². The maximum absolute atomic E-state index is 12.1. The van der Waals surface area contributed by atoms with E-state index in [1.165, 1.54) is 12.3 Å². The van der Waals surface area contributed by atoms with Crippen LogP contribution in [0.25, 0.3) is 0 Å². The third-order valence-electron chi connectivity index (χ3n) is 3.61. The molecule has 0 bridgehead atoms. The number of carbonyl (C=O) groups excluding carboxylic acids is 1. The largest absolute Gasteiger partial charge is 0.379 e. The van der Waals surface area contributed by atoms with Crippen LogP contribution in [-0.2, 0) is 4.74 Å². The van der Waals surface area contributed by atoms with Crippen molar-refractivity contribution in [3.05, 3.63) is 28.0 Å². The van der Waals surface area contributed by atoms with Crippen molar-refractivity contribution in [3.63, 3.8) is 0 Å². The second-order valence-corrected chi connectivity index (χ2v) is 6.36. The molecule has 1 aromatic rings. The molecule has 2 heterocycles. The van der Waals surface area contributed by atoms with Gasteiger partial charge >= 0.3 is 0 Å². The van der Waals surface area contributed by atoms with Crippen molar-refractivity contribution in [2.75, 3.05) is 32.8 Å². The van der Waals surface area contributed by atoms with Crippen LogP contribution in [0.3, 0.4) is 0 Å². The standard InChI is InChI=1S/C14H19Cl2N3O2/c1-14(2,19-3-5-21-6-4-19)9-18-13(20)10-7-11(15)12(16)17-8-10/h7-8H,3-6,9H2,1-2H3,(H,18,20). The predicted molar refractivity (Wildman–Crippen MR) is 83.1 cm³/mol. The van der Waals surface area contributed by atoms with Crippen LogP contribution >= 0.6 is 23.2 Å². The SMILES string of the molecule is CC(C)(CNC(=O)c1cnc(Cl)c(Cl)c1)N1CCOCC1. The molecule has 0 unspecified atom stereocenters. The van der Waals surface area contributed by atoms with E-state index in [2.05, 4.69) is 29.0 Å². The van der Waals surface area contributed by atoms with Crippen molar-refractivity contribution >= 4 is 29.1 Å². The molecule has 1 N–H and O–H groups in total. The Hall–Kier alpha value is -0.880. The van der Waals surface area contributed by atoms with Crippen molar-refractivity contribution in [1.29, 1.82) is 0 Å². The van der Waals surface area contributed by atoms with E-state index in [0.717, 1.165) is 26.3 Å². The maximum atomic E-state index is 12.1. The zero-order valence-corrected chi connectivity index (χ0v) is 13.7. The van der Waals surface area contributed by atoms with Gasteiger partial charge in [-0.25, -0.2) is 4.98 Å². The first-order valence-electron chi connectivity index (χ1n) is 6.82. The second-order valence-electron chi connectivity index (χ2n) is 5.59. The van der Waals surface area contributed by atoms with E-state index in [-0.39, 0.29) is 21.6 Å². The molecular formula is C14H19Cl2N3O2. The number of rotatable bonds is 4. The average Bonchev–Trinajstić information content (AvgIpc) is 2.48. The normalized spacial score (nSPS) is 16.8. The number of halogens is 2. The zero-order valence-electron chi connectivity index (χ0n) is 12.2. The van der Waals surface area contributed by atoms with Crippen LogP contribution in [0, 0.1) is 0 Å². The highest BCUT2D eigenvalue weighted by molar-refractivity contribution is 6.41. The van der Waals surface area contributed by atoms with E-state index in [9.17, 15) is 4.79 Å². The van der Waals surface area contributed by atoms with Gasteiger partial charge in [0.25, 0.3) is 5.91 Å². The van der Waals surface area contributed by atoms with Crippen LogP contribution in [0.4, 0.5) is 0 Å². The molecule has 0 radical (unpaired) electrons. The van der Waals surface area contributed by atoms with Gasteiger partial charge in [-0.1, -0.05) is 23.2 Å². The smallest absolute Gasteiger partial charge is 0.252 e. The van der Waals surface area contributed by atoms with Gasteiger partial charge in [0.05, 0.1) is 23.8 Å². The maximum Gasteiger partial charge on any atom is 0.252 e. The van der Waals surface area contributed by atoms with Crippen LogP contribution in [0.1, 0.15) is 24.2 Å². The Balaban J connectivity index is 1.94. The number of pyridine rings is 1. The van der Waals surface area contributed by atoms with Gasteiger partial charge in [0.15, 0.2) is 0 Å². The summed E-state index contributed by atoms with van der Waals surface area (Å²) in [6.07, 6.45) is 1.42. The van der Waals surface area contributed by atoms with E-state index >= 15 is 0 Å². The quantitative estimate of drug-likeness (QED) is 0.859. The van der Waals surface area contributed by atoms with Gasteiger partial charge in [-0.05, 0) is 19.9 Å². The van der Waals surface area contributed by atoms with Crippen molar-refractivity contribution in [1.82, 2.24) is 15.2 Å². The number of aromatic nitrogens is 1. The highest BCUT2D eigenvalue weighted by Crippen LogP contribution is 2.20. The Bertz CT molecular complexity index is 517. The molecule has 0 spiro atoms. The zero-order chi connectivity index (χ0) is 15.5. The molecule has 2 rings (SSSR count). The summed E-state index contributed by atoms with van der Waals surface area (Å²) >= 11 is 11.6. The molecule has 0 atom stereocenters. The lowest BCUT2D eigenvalue weighted by Gasteiger charge is -2.40. The summed E-state index contributed by atoms with van der Waals surface area (Å²) in [5.41, 5.74) is 0.269. The summed E-state index contributed by atoms with van der Waals surface area (Å²) in [7, 11) is 0. The molecule has 7 heteroatoms. The first-order valence-corrected chi connectivity index (χ1v) is 7.58. The highest BCUT2D eigenvalue weighted by Gasteiger charge is 2.28. The van der Waals surface area contributed by atoms with Gasteiger partial charge < -0.3 is 10.1 Å². The number of morpholine rings is 1. The first-order chi connectivity index (χ1) is 9.90. The Morgan fingerprint density at radius 1 is 1.43 bits per heavy atom. The molecule has 0 aliphatic carbocycles. The Morgan fingerprint density at radius 2 is 2.10 bits per heavy atom. The number of nitrogens with zero attached hydrogens (tertiary/aromatic N) is 2. The van der Waals surface area contributed by atoms with Crippen LogP contribution < -0.4 is 5.32 Å². The Kier molecular flexibility index (Phi) is 5.43. The molecule has 1 fully saturated rings. The van der Waals surface area contributed by atoms with Gasteiger partial charge in [-0.15, -0.1) is 0 Å². The van der Waals surface area contributed by atoms with Crippen molar-refractivity contribution in [2.45, 2.75) is 19.4 Å². The molecule has 0 aromatic carbocycles. The number of hydrogen-bond acceptors (Lipinski definition) is 4. The summed E-state index contributed by atoms with van der Waals surface area (Å²) in [6, 6.07) is 1.52. The van der Waals surface area contributed by atoms with Gasteiger partial charge in [0.1, 0.15) is 5.15 Å². The van der Waals surface area contributed by atoms with Crippen LogP contribution in [0.5, 0.6) is 0 Å². The minimum atomic E-state index is -0.206. The van der Waals surface area contributed by atoms with Crippen LogP contribution in [0.15, 0.2) is 12.3 Å². The Morgan fingerprint density at radius 3 is 2.71 bits per heavy atom. The lowest BCUT2D eigenvalue weighted by molar-refractivity contribution is -0.00923. The summed E-state index contributed by atoms with van der Waals surface area (Å²) in [5.74, 6) is -0.206. The number of hydrogen-bond donors (Lipinski definition) is 1. The van der Waals surface area contributed by atoms with Gasteiger partial charge in [0, 0.05) is 31.4 Å². The van der Waals surface area contributed by atoms with Crippen molar-refractivity contribution in [2.24, 2.45) is 0 Å². The lowest BCUT2D eigenvalue weighted by Crippen LogP contribution is -2.55. The fraction of sp³-hybridized carbons (Fsp3) is 0.571. The van der Waals surface area contributed by atoms with Gasteiger partial charge in [0.2, 0.25) is 0 Å². The van der Waals surface area contributed by atoms with Crippen LogP contribution in [-0.4, -0.2) is 54.2 Å². The molecule has 1 aliphatic rings. The minimum Gasteiger partial charge on any atom is -0.379 e. The molecule has 1 aromatic heterocycles. The first kappa shape index (κ1) is 16.5. The summed E-state index contributed by atoms with van der Waals surface area (Å²) in [5, 5.41) is 3.39. The average molecular weight is 332 g/mol. The van der Waals surface area contributed by atoms with E-state index in [4.69, 9.17) is 27.9 Å². The van der Waals surface area contributed by atoms with E-state index in [1.807, 2.05) is 0 Å². The number of amides is 1. The number of carbonyl (C=O) groups is 1. The number of nitrogens with one attached hydrogen (secondary N) is 1. The molecular weight excluding hydrogens is 313 g/mol. The van der Waals surface area contributed by atoms with Crippen molar-refractivity contribution in [3.8, 4) is 0 Å². The van der Waals surface area contributed by atoms with Crippen LogP contribution in [0.2, 0.25) is 10.2 Å². The third kappa shape index (κ3) is 4.30. The molecule has 0 saturated carbocycles. The lowest BCUT2D eigenvalue weighted by atomic mass is 10.0. The molecule has 1 aliphatic heterocycles. The molecule has 1 amide bonds. The topological polar surface area (TPSA) is 54.5 Å². The second kappa shape index (κ2) is 6.92. The molecule has 116 valence electrons. The predicted octanol–water partition coefficient (Wildman–Crippen LogP) is 2.23. The summed E-state index contributed by atoms with van der Waals surface area (Å²) < 4.78 is 5.35. The minimum absolute atomic E-state index is 0.136. The van der Waals surface area contributed by atoms with E-state index in [1.54, 1.807) is 0 Å². The van der Waals surface area contributed by atoms with Gasteiger partial charge in [-0.3, -0.25) is 9.69 Å². The van der Waals surface area contributed by atoms with Crippen molar-refractivity contribution < 1.29 is 9.53 Å². The summed E-state index contributed by atoms with van der Waals surface area (Å²) in [4.78, 5) is 18.3. The fourth-order valence-corrected chi connectivity index (χ4v) is 2.49. The highest BCUT2D eigenvalue weighted by atomic mass is 35.5. The molecule has 1 saturated heterocycles. The molecule has 21 heavy (non-hydrogen) atoms. The fourth-order valence-electron chi connectivity index (χ4n) is 2.22. The van der Waals surface area contributed by atoms with Gasteiger partial charge in [-0.2, -0.15) is 0 Å². The summed E-state index contributed by atoms with van der Waals surface area (Å²) in [6.45, 7) is 7.94. The van der Waals surface area contributed by atoms with E-state index in [0.29, 0.717) is 12.1 Å². The number of ether oxygens (including phenoxy) is 1. The Labute approximate surface area is 134 Å². The monoisotopic (exact) mass is 331 g/mol. The molecule has 5 nitrogen and oxygen atoms in total. The third-order valence-corrected chi connectivity index (χ3v) is 4.29.